The van der Waals surface area contributed by atoms with Gasteiger partial charge in [-0.15, -0.1) is 0 Å². The molecule has 2 rings (SSSR count). The van der Waals surface area contributed by atoms with Gasteiger partial charge in [0.1, 0.15) is 5.82 Å². The monoisotopic (exact) mass is 261 g/mol. The summed E-state index contributed by atoms with van der Waals surface area (Å²) < 4.78 is 13.3. The van der Waals surface area contributed by atoms with E-state index in [1.807, 2.05) is 0 Å². The number of carboxylic acid groups (broad SMARTS) is 1. The second-order valence-corrected chi connectivity index (χ2v) is 3.53. The predicted octanol–water partition coefficient (Wildman–Crippen LogP) is 1.57. The molecule has 0 aliphatic carbocycles. The molecule has 7 heteroatoms. The smallest absolute Gasteiger partial charge is 0.335 e. The van der Waals surface area contributed by atoms with Crippen LogP contribution in [0.4, 0.5) is 10.2 Å². The molecule has 0 aromatic carbocycles. The molecule has 0 unspecified atom stereocenters. The number of hydrogen-bond acceptors (Lipinski definition) is 4. The normalized spacial score (nSPS) is 9.95. The summed E-state index contributed by atoms with van der Waals surface area (Å²) in [7, 11) is 0. The second kappa shape index (κ2) is 5.21. The highest BCUT2D eigenvalue weighted by Crippen LogP contribution is 2.10. The van der Waals surface area contributed by atoms with Crippen molar-refractivity contribution >= 4 is 17.7 Å². The van der Waals surface area contributed by atoms with Gasteiger partial charge in [-0.05, 0) is 24.3 Å². The molecule has 0 aliphatic heterocycles. The second-order valence-electron chi connectivity index (χ2n) is 3.53. The summed E-state index contributed by atoms with van der Waals surface area (Å²) in [5.74, 6) is -2.78. The summed E-state index contributed by atoms with van der Waals surface area (Å²) in [4.78, 5) is 29.6. The molecular weight excluding hydrogens is 253 g/mol. The molecule has 0 radical (unpaired) electrons. The third-order valence-electron chi connectivity index (χ3n) is 2.25. The van der Waals surface area contributed by atoms with Gasteiger partial charge in [-0.3, -0.25) is 4.79 Å². The van der Waals surface area contributed by atoms with E-state index < -0.39 is 17.8 Å². The van der Waals surface area contributed by atoms with Crippen LogP contribution >= 0.6 is 0 Å². The summed E-state index contributed by atoms with van der Waals surface area (Å²) in [5, 5.41) is 11.1. The molecule has 6 nitrogen and oxygen atoms in total. The fourth-order valence-corrected chi connectivity index (χ4v) is 1.37. The van der Waals surface area contributed by atoms with E-state index in [0.29, 0.717) is 0 Å². The number of halogens is 1. The van der Waals surface area contributed by atoms with Gasteiger partial charge in [0.2, 0.25) is 5.95 Å². The third kappa shape index (κ3) is 2.89. The zero-order chi connectivity index (χ0) is 13.8. The highest BCUT2D eigenvalue weighted by molar-refractivity contribution is 6.04. The van der Waals surface area contributed by atoms with Gasteiger partial charge < -0.3 is 10.4 Å². The maximum Gasteiger partial charge on any atom is 0.335 e. The first-order chi connectivity index (χ1) is 9.08. The SMILES string of the molecule is O=C(O)c1ccnc(NC(=O)c2cccnc2F)c1. The Bertz CT molecular complexity index is 646. The average molecular weight is 261 g/mol. The quantitative estimate of drug-likeness (QED) is 0.818. The number of carboxylic acids is 1. The molecule has 2 heterocycles. The minimum Gasteiger partial charge on any atom is -0.478 e. The van der Waals surface area contributed by atoms with Crippen LogP contribution in [0.5, 0.6) is 0 Å². The van der Waals surface area contributed by atoms with Crippen molar-refractivity contribution < 1.29 is 19.1 Å². The van der Waals surface area contributed by atoms with Crippen LogP contribution in [-0.2, 0) is 0 Å². The first-order valence-electron chi connectivity index (χ1n) is 5.19. The molecule has 2 aromatic heterocycles. The highest BCUT2D eigenvalue weighted by Gasteiger charge is 2.13. The van der Waals surface area contributed by atoms with E-state index >= 15 is 0 Å². The van der Waals surface area contributed by atoms with E-state index in [-0.39, 0.29) is 16.9 Å². The molecule has 0 spiro atoms. The van der Waals surface area contributed by atoms with Crippen molar-refractivity contribution in [3.63, 3.8) is 0 Å². The third-order valence-corrected chi connectivity index (χ3v) is 2.25. The van der Waals surface area contributed by atoms with Crippen LogP contribution in [0, 0.1) is 5.95 Å². The zero-order valence-electron chi connectivity index (χ0n) is 9.50. The average Bonchev–Trinajstić information content (AvgIpc) is 2.39. The van der Waals surface area contributed by atoms with E-state index in [9.17, 15) is 14.0 Å². The number of hydrogen-bond donors (Lipinski definition) is 2. The first-order valence-corrected chi connectivity index (χ1v) is 5.19. The number of nitrogens with zero attached hydrogens (tertiary/aromatic N) is 2. The molecule has 0 fully saturated rings. The van der Waals surface area contributed by atoms with E-state index in [4.69, 9.17) is 5.11 Å². The van der Waals surface area contributed by atoms with Crippen LogP contribution in [0.15, 0.2) is 36.7 Å². The van der Waals surface area contributed by atoms with Crippen molar-refractivity contribution in [3.8, 4) is 0 Å². The largest absolute Gasteiger partial charge is 0.478 e. The Kier molecular flexibility index (Phi) is 3.46. The number of nitrogens with one attached hydrogen (secondary N) is 1. The van der Waals surface area contributed by atoms with Crippen LogP contribution in [0.3, 0.4) is 0 Å². The number of amides is 1. The Morgan fingerprint density at radius 3 is 2.68 bits per heavy atom. The van der Waals surface area contributed by atoms with Gasteiger partial charge >= 0.3 is 5.97 Å². The van der Waals surface area contributed by atoms with Crippen LogP contribution in [0.1, 0.15) is 20.7 Å². The molecule has 0 aliphatic rings. The summed E-state index contributed by atoms with van der Waals surface area (Å²) in [5.41, 5.74) is -0.276. The summed E-state index contributed by atoms with van der Waals surface area (Å²) in [6, 6.07) is 5.13. The molecule has 0 saturated heterocycles. The van der Waals surface area contributed by atoms with Gasteiger partial charge in [0.15, 0.2) is 0 Å². The fourth-order valence-electron chi connectivity index (χ4n) is 1.37. The summed E-state index contributed by atoms with van der Waals surface area (Å²) in [6.45, 7) is 0. The Hall–Kier alpha value is -2.83. The zero-order valence-corrected chi connectivity index (χ0v) is 9.50. The predicted molar refractivity (Wildman–Crippen MR) is 63.3 cm³/mol. The lowest BCUT2D eigenvalue weighted by atomic mass is 10.2. The van der Waals surface area contributed by atoms with Gasteiger partial charge in [-0.25, -0.2) is 14.8 Å². The standard InChI is InChI=1S/C12H8FN3O3/c13-10-8(2-1-4-15-10)11(17)16-9-6-7(12(18)19)3-5-14-9/h1-6H,(H,18,19)(H,14,16,17). The molecule has 2 N–H and O–H groups in total. The van der Waals surface area contributed by atoms with Crippen molar-refractivity contribution in [2.24, 2.45) is 0 Å². The lowest BCUT2D eigenvalue weighted by Crippen LogP contribution is -2.15. The summed E-state index contributed by atoms with van der Waals surface area (Å²) >= 11 is 0. The van der Waals surface area contributed by atoms with Gasteiger partial charge in [0.05, 0.1) is 11.1 Å². The Labute approximate surface area is 106 Å². The van der Waals surface area contributed by atoms with E-state index in [2.05, 4.69) is 15.3 Å². The number of pyridine rings is 2. The van der Waals surface area contributed by atoms with Crippen molar-refractivity contribution in [2.75, 3.05) is 5.32 Å². The van der Waals surface area contributed by atoms with Gasteiger partial charge in [-0.2, -0.15) is 4.39 Å². The highest BCUT2D eigenvalue weighted by atomic mass is 19.1. The van der Waals surface area contributed by atoms with Gasteiger partial charge in [0.25, 0.3) is 5.91 Å². The number of carbonyl (C=O) groups is 2. The fraction of sp³-hybridized carbons (Fsp3) is 0. The maximum absolute atomic E-state index is 13.3. The number of anilines is 1. The molecule has 1 amide bonds. The molecule has 0 saturated carbocycles. The van der Waals surface area contributed by atoms with Gasteiger partial charge in [0, 0.05) is 12.4 Å². The van der Waals surface area contributed by atoms with Crippen molar-refractivity contribution in [1.82, 2.24) is 9.97 Å². The molecule has 2 aromatic rings. The number of carbonyl (C=O) groups excluding carboxylic acids is 1. The molecule has 96 valence electrons. The maximum atomic E-state index is 13.3. The lowest BCUT2D eigenvalue weighted by molar-refractivity contribution is 0.0696. The molecule has 19 heavy (non-hydrogen) atoms. The Morgan fingerprint density at radius 2 is 2.00 bits per heavy atom. The van der Waals surface area contributed by atoms with Gasteiger partial charge in [-0.1, -0.05) is 0 Å². The van der Waals surface area contributed by atoms with Crippen LogP contribution in [0.25, 0.3) is 0 Å². The molecule has 0 atom stereocenters. The topological polar surface area (TPSA) is 92.2 Å². The number of aromatic carboxylic acids is 1. The number of aromatic nitrogens is 2. The van der Waals surface area contributed by atoms with Crippen LogP contribution in [0.2, 0.25) is 0 Å². The lowest BCUT2D eigenvalue weighted by Gasteiger charge is -2.05. The Morgan fingerprint density at radius 1 is 1.21 bits per heavy atom. The summed E-state index contributed by atoms with van der Waals surface area (Å²) in [6.07, 6.45) is 2.45. The van der Waals surface area contributed by atoms with Crippen LogP contribution in [-0.4, -0.2) is 27.0 Å². The van der Waals surface area contributed by atoms with Crippen molar-refractivity contribution in [2.45, 2.75) is 0 Å². The molecular formula is C12H8FN3O3. The van der Waals surface area contributed by atoms with E-state index in [1.165, 1.54) is 36.7 Å². The minimum atomic E-state index is -1.15. The molecule has 0 bridgehead atoms. The van der Waals surface area contributed by atoms with E-state index in [0.717, 1.165) is 0 Å². The number of rotatable bonds is 3. The van der Waals surface area contributed by atoms with Crippen LogP contribution < -0.4 is 5.32 Å². The van der Waals surface area contributed by atoms with Crippen molar-refractivity contribution in [1.29, 1.82) is 0 Å². The first kappa shape index (κ1) is 12.6. The van der Waals surface area contributed by atoms with Crippen molar-refractivity contribution in [3.05, 3.63) is 53.7 Å². The van der Waals surface area contributed by atoms with E-state index in [1.54, 1.807) is 0 Å². The minimum absolute atomic E-state index is 0.0214. The Balaban J connectivity index is 2.22.